The Hall–Kier alpha value is -3.04. The van der Waals surface area contributed by atoms with Crippen LogP contribution in [0, 0.1) is 5.92 Å². The summed E-state index contributed by atoms with van der Waals surface area (Å²) in [6, 6.07) is 5.32. The molecule has 1 aromatic carbocycles. The predicted molar refractivity (Wildman–Crippen MR) is 91.3 cm³/mol. The summed E-state index contributed by atoms with van der Waals surface area (Å²) in [5, 5.41) is 10.4. The molecule has 3 heterocycles. The van der Waals surface area contributed by atoms with E-state index in [1.807, 2.05) is 0 Å². The summed E-state index contributed by atoms with van der Waals surface area (Å²) in [6.07, 6.45) is -1.44. The lowest BCUT2D eigenvalue weighted by atomic mass is 9.97. The average molecular weight is 394 g/mol. The molecule has 0 radical (unpaired) electrons. The molecular weight excluding hydrogens is 377 g/mol. The third-order valence-electron chi connectivity index (χ3n) is 4.74. The highest BCUT2D eigenvalue weighted by atomic mass is 19.4. The molecule has 2 aliphatic heterocycles. The Morgan fingerprint density at radius 1 is 1.29 bits per heavy atom. The lowest BCUT2D eigenvalue weighted by Gasteiger charge is -2.25. The molecule has 0 bridgehead atoms. The van der Waals surface area contributed by atoms with E-state index in [1.165, 1.54) is 6.08 Å². The number of amides is 1. The van der Waals surface area contributed by atoms with Crippen LogP contribution >= 0.6 is 0 Å². The Balaban J connectivity index is 1.34. The second kappa shape index (κ2) is 7.17. The molecule has 4 rings (SSSR count). The van der Waals surface area contributed by atoms with Gasteiger partial charge in [0.25, 0.3) is 0 Å². The zero-order chi connectivity index (χ0) is 19.7. The van der Waals surface area contributed by atoms with Crippen molar-refractivity contribution in [1.29, 1.82) is 0 Å². The molecule has 2 aliphatic rings. The van der Waals surface area contributed by atoms with Crippen LogP contribution < -0.4 is 14.8 Å². The molecule has 0 spiro atoms. The summed E-state index contributed by atoms with van der Waals surface area (Å²) in [5.41, 5.74) is 0.775. The van der Waals surface area contributed by atoms with Crippen LogP contribution in [0.2, 0.25) is 0 Å². The van der Waals surface area contributed by atoms with Crippen LogP contribution in [0.1, 0.15) is 23.6 Å². The number of nitrogens with one attached hydrogen (secondary N) is 1. The van der Waals surface area contributed by atoms with Crippen LogP contribution in [0.3, 0.4) is 0 Å². The van der Waals surface area contributed by atoms with Gasteiger partial charge in [-0.1, -0.05) is 6.07 Å². The third kappa shape index (κ3) is 3.80. The highest BCUT2D eigenvalue weighted by molar-refractivity contribution is 5.91. The third-order valence-corrected chi connectivity index (χ3v) is 4.74. The lowest BCUT2D eigenvalue weighted by Crippen LogP contribution is -2.32. The Labute approximate surface area is 158 Å². The van der Waals surface area contributed by atoms with Gasteiger partial charge in [-0.15, -0.1) is 10.2 Å². The van der Waals surface area contributed by atoms with Crippen molar-refractivity contribution >= 4 is 12.0 Å². The van der Waals surface area contributed by atoms with E-state index in [-0.39, 0.29) is 38.6 Å². The van der Waals surface area contributed by atoms with Gasteiger partial charge in [0, 0.05) is 19.0 Å². The summed E-state index contributed by atoms with van der Waals surface area (Å²) in [4.78, 5) is 12.0. The average Bonchev–Trinajstić information content (AvgIpc) is 3.29. The SMILES string of the molecule is O=C(C=Cc1ccc2c(c1)OCO2)NCc1nnc2n1CCC(C(F)(F)F)C2. The van der Waals surface area contributed by atoms with E-state index < -0.39 is 12.1 Å². The number of benzene rings is 1. The zero-order valence-corrected chi connectivity index (χ0v) is 14.7. The molecule has 2 aromatic rings. The van der Waals surface area contributed by atoms with Crippen molar-refractivity contribution in [3.8, 4) is 11.5 Å². The minimum atomic E-state index is -4.23. The summed E-state index contributed by atoms with van der Waals surface area (Å²) >= 11 is 0. The minimum Gasteiger partial charge on any atom is -0.454 e. The number of alkyl halides is 3. The van der Waals surface area contributed by atoms with E-state index in [2.05, 4.69) is 15.5 Å². The Morgan fingerprint density at radius 3 is 2.93 bits per heavy atom. The smallest absolute Gasteiger partial charge is 0.392 e. The van der Waals surface area contributed by atoms with Crippen LogP contribution in [0.15, 0.2) is 24.3 Å². The van der Waals surface area contributed by atoms with E-state index in [9.17, 15) is 18.0 Å². The number of aromatic nitrogens is 3. The van der Waals surface area contributed by atoms with Gasteiger partial charge >= 0.3 is 6.18 Å². The number of halogens is 3. The Kier molecular flexibility index (Phi) is 4.70. The summed E-state index contributed by atoms with van der Waals surface area (Å²) < 4.78 is 50.7. The standard InChI is InChI=1S/C18H17F3N4O3/c19-18(20,21)12-5-6-25-15(8-12)23-24-16(25)9-22-17(26)4-2-11-1-3-13-14(7-11)28-10-27-13/h1-4,7,12H,5-6,8-10H2,(H,22,26). The highest BCUT2D eigenvalue weighted by Crippen LogP contribution is 2.35. The number of hydrogen-bond acceptors (Lipinski definition) is 5. The van der Waals surface area contributed by atoms with E-state index in [0.29, 0.717) is 23.1 Å². The maximum atomic E-state index is 12.9. The van der Waals surface area contributed by atoms with Crippen LogP contribution in [-0.2, 0) is 24.3 Å². The molecule has 0 fully saturated rings. The molecule has 1 unspecified atom stereocenters. The van der Waals surface area contributed by atoms with Gasteiger partial charge in [0.1, 0.15) is 5.82 Å². The first-order valence-electron chi connectivity index (χ1n) is 8.73. The fourth-order valence-electron chi connectivity index (χ4n) is 3.21. The zero-order valence-electron chi connectivity index (χ0n) is 14.7. The second-order valence-electron chi connectivity index (χ2n) is 6.58. The molecule has 10 heteroatoms. The summed E-state index contributed by atoms with van der Waals surface area (Å²) in [6.45, 7) is 0.453. The maximum Gasteiger partial charge on any atom is 0.392 e. The van der Waals surface area contributed by atoms with Crippen LogP contribution in [-0.4, -0.2) is 33.6 Å². The van der Waals surface area contributed by atoms with E-state index in [0.717, 1.165) is 5.56 Å². The minimum absolute atomic E-state index is 0.0144. The molecule has 28 heavy (non-hydrogen) atoms. The largest absolute Gasteiger partial charge is 0.454 e. The van der Waals surface area contributed by atoms with Gasteiger partial charge in [0.15, 0.2) is 17.3 Å². The molecular formula is C18H17F3N4O3. The molecule has 7 nitrogen and oxygen atoms in total. The first kappa shape index (κ1) is 18.3. The fraction of sp³-hybridized carbons (Fsp3) is 0.389. The van der Waals surface area contributed by atoms with Crippen molar-refractivity contribution < 1.29 is 27.4 Å². The highest BCUT2D eigenvalue weighted by Gasteiger charge is 2.42. The van der Waals surface area contributed by atoms with Crippen molar-refractivity contribution in [1.82, 2.24) is 20.1 Å². The van der Waals surface area contributed by atoms with Crippen molar-refractivity contribution in [2.24, 2.45) is 5.92 Å². The fourth-order valence-corrected chi connectivity index (χ4v) is 3.21. The van der Waals surface area contributed by atoms with Crippen molar-refractivity contribution in [2.75, 3.05) is 6.79 Å². The number of hydrogen-bond donors (Lipinski definition) is 1. The number of carbonyl (C=O) groups is 1. The summed E-state index contributed by atoms with van der Waals surface area (Å²) in [7, 11) is 0. The first-order chi connectivity index (χ1) is 13.4. The quantitative estimate of drug-likeness (QED) is 0.806. The van der Waals surface area contributed by atoms with Crippen molar-refractivity contribution in [3.63, 3.8) is 0 Å². The number of carbonyl (C=O) groups excluding carboxylic acids is 1. The Morgan fingerprint density at radius 2 is 2.11 bits per heavy atom. The van der Waals surface area contributed by atoms with Gasteiger partial charge < -0.3 is 19.4 Å². The molecule has 1 atom stereocenters. The predicted octanol–water partition coefficient (Wildman–Crippen LogP) is 2.46. The van der Waals surface area contributed by atoms with E-state index in [1.54, 1.807) is 28.8 Å². The normalized spacial score (nSPS) is 18.3. The number of rotatable bonds is 4. The molecule has 0 saturated heterocycles. The van der Waals surface area contributed by atoms with Gasteiger partial charge in [0.2, 0.25) is 12.7 Å². The number of ether oxygens (including phenoxy) is 2. The molecule has 1 N–H and O–H groups in total. The molecule has 0 saturated carbocycles. The van der Waals surface area contributed by atoms with Gasteiger partial charge in [0.05, 0.1) is 12.5 Å². The van der Waals surface area contributed by atoms with E-state index in [4.69, 9.17) is 9.47 Å². The number of fused-ring (bicyclic) bond motifs is 2. The molecule has 1 aromatic heterocycles. The second-order valence-corrected chi connectivity index (χ2v) is 6.58. The number of nitrogens with zero attached hydrogens (tertiary/aromatic N) is 3. The maximum absolute atomic E-state index is 12.9. The van der Waals surface area contributed by atoms with Gasteiger partial charge in [-0.2, -0.15) is 13.2 Å². The Bertz CT molecular complexity index is 923. The van der Waals surface area contributed by atoms with Crippen molar-refractivity contribution in [3.05, 3.63) is 41.5 Å². The van der Waals surface area contributed by atoms with Crippen LogP contribution in [0.25, 0.3) is 6.08 Å². The van der Waals surface area contributed by atoms with E-state index >= 15 is 0 Å². The molecule has 1 amide bonds. The van der Waals surface area contributed by atoms with Crippen LogP contribution in [0.4, 0.5) is 13.2 Å². The lowest BCUT2D eigenvalue weighted by molar-refractivity contribution is -0.179. The monoisotopic (exact) mass is 394 g/mol. The summed E-state index contributed by atoms with van der Waals surface area (Å²) in [5.74, 6) is 0.283. The first-order valence-corrected chi connectivity index (χ1v) is 8.73. The van der Waals surface area contributed by atoms with Gasteiger partial charge in [-0.3, -0.25) is 4.79 Å². The molecule has 0 aliphatic carbocycles. The van der Waals surface area contributed by atoms with Crippen LogP contribution in [0.5, 0.6) is 11.5 Å². The van der Waals surface area contributed by atoms with Crippen molar-refractivity contribution in [2.45, 2.75) is 32.1 Å². The topological polar surface area (TPSA) is 78.3 Å². The van der Waals surface area contributed by atoms with Gasteiger partial charge in [-0.25, -0.2) is 0 Å². The van der Waals surface area contributed by atoms with Gasteiger partial charge in [-0.05, 0) is 30.2 Å². The molecule has 148 valence electrons.